The summed E-state index contributed by atoms with van der Waals surface area (Å²) in [6, 6.07) is 14.4. The van der Waals surface area contributed by atoms with E-state index in [0.717, 1.165) is 18.4 Å². The van der Waals surface area contributed by atoms with Gasteiger partial charge in [-0.05, 0) is 29.2 Å². The second-order valence-corrected chi connectivity index (χ2v) is 6.56. The highest BCUT2D eigenvalue weighted by Crippen LogP contribution is 2.25. The lowest BCUT2D eigenvalue weighted by Crippen LogP contribution is -2.51. The maximum atomic E-state index is 12.2. The molecule has 1 aliphatic rings. The minimum Gasteiger partial charge on any atom is -0.354 e. The first-order valence-corrected chi connectivity index (χ1v) is 8.18. The highest BCUT2D eigenvalue weighted by molar-refractivity contribution is 5.86. The van der Waals surface area contributed by atoms with E-state index >= 15 is 0 Å². The molecule has 0 aliphatic heterocycles. The molecule has 0 saturated heterocycles. The smallest absolute Gasteiger partial charge is 0.224 e. The Morgan fingerprint density at radius 2 is 1.74 bits per heavy atom. The molecule has 3 N–H and O–H groups in total. The van der Waals surface area contributed by atoms with E-state index in [4.69, 9.17) is 5.73 Å². The predicted octanol–water partition coefficient (Wildman–Crippen LogP) is 3.58. The molecule has 23 heavy (non-hydrogen) atoms. The largest absolute Gasteiger partial charge is 0.354 e. The van der Waals surface area contributed by atoms with E-state index < -0.39 is 0 Å². The monoisotopic (exact) mass is 332 g/mol. The first kappa shape index (κ1) is 17.8. The van der Waals surface area contributed by atoms with Gasteiger partial charge in [-0.25, -0.2) is 0 Å². The van der Waals surface area contributed by atoms with E-state index in [1.807, 2.05) is 18.2 Å². The van der Waals surface area contributed by atoms with Gasteiger partial charge in [0.2, 0.25) is 5.91 Å². The standard InChI is InChI=1S/C19H24N2O.ClH/c20-19(10-4-1-5-11-19)14-21-18(22)13-15-8-9-16-6-2-3-7-17(16)12-15;/h2-3,6-9,12H,1,4-5,10-11,13-14,20H2,(H,21,22);1H. The van der Waals surface area contributed by atoms with Gasteiger partial charge in [0, 0.05) is 12.1 Å². The van der Waals surface area contributed by atoms with E-state index in [-0.39, 0.29) is 23.9 Å². The number of carbonyl (C=O) groups is 1. The van der Waals surface area contributed by atoms with E-state index in [1.165, 1.54) is 30.0 Å². The summed E-state index contributed by atoms with van der Waals surface area (Å²) in [6.45, 7) is 0.597. The Hall–Kier alpha value is -1.58. The van der Waals surface area contributed by atoms with Crippen molar-refractivity contribution in [2.45, 2.75) is 44.1 Å². The van der Waals surface area contributed by atoms with E-state index in [9.17, 15) is 4.79 Å². The average molecular weight is 333 g/mol. The Morgan fingerprint density at radius 1 is 1.04 bits per heavy atom. The fourth-order valence-corrected chi connectivity index (χ4v) is 3.30. The summed E-state index contributed by atoms with van der Waals surface area (Å²) in [4.78, 5) is 12.2. The zero-order chi connectivity index (χ0) is 15.4. The molecule has 124 valence electrons. The molecule has 0 aromatic heterocycles. The number of rotatable bonds is 4. The SMILES string of the molecule is Cl.NC1(CNC(=O)Cc2ccc3ccccc3c2)CCCCC1. The Kier molecular flexibility index (Phi) is 6.03. The third-order valence-electron chi connectivity index (χ3n) is 4.67. The summed E-state index contributed by atoms with van der Waals surface area (Å²) in [5.74, 6) is 0.0608. The van der Waals surface area contributed by atoms with Crippen LogP contribution in [0.15, 0.2) is 42.5 Å². The van der Waals surface area contributed by atoms with Crippen LogP contribution < -0.4 is 11.1 Å². The maximum absolute atomic E-state index is 12.2. The van der Waals surface area contributed by atoms with Gasteiger partial charge in [0.25, 0.3) is 0 Å². The predicted molar refractivity (Wildman–Crippen MR) is 97.9 cm³/mol. The number of amides is 1. The third-order valence-corrected chi connectivity index (χ3v) is 4.67. The van der Waals surface area contributed by atoms with Crippen molar-refractivity contribution in [2.75, 3.05) is 6.54 Å². The van der Waals surface area contributed by atoms with E-state index in [2.05, 4.69) is 29.6 Å². The van der Waals surface area contributed by atoms with Crippen LogP contribution in [0.5, 0.6) is 0 Å². The van der Waals surface area contributed by atoms with Gasteiger partial charge in [-0.2, -0.15) is 0 Å². The van der Waals surface area contributed by atoms with Crippen molar-refractivity contribution in [1.82, 2.24) is 5.32 Å². The van der Waals surface area contributed by atoms with E-state index in [0.29, 0.717) is 13.0 Å². The second kappa shape index (κ2) is 7.80. The number of benzene rings is 2. The number of carbonyl (C=O) groups excluding carboxylic acids is 1. The Morgan fingerprint density at radius 3 is 2.48 bits per heavy atom. The van der Waals surface area contributed by atoms with Crippen molar-refractivity contribution in [1.29, 1.82) is 0 Å². The highest BCUT2D eigenvalue weighted by atomic mass is 35.5. The summed E-state index contributed by atoms with van der Waals surface area (Å²) in [7, 11) is 0. The zero-order valence-corrected chi connectivity index (χ0v) is 14.2. The molecular weight excluding hydrogens is 308 g/mol. The van der Waals surface area contributed by atoms with Crippen LogP contribution in [-0.4, -0.2) is 18.0 Å². The molecule has 3 rings (SSSR count). The lowest BCUT2D eigenvalue weighted by Gasteiger charge is -2.33. The molecule has 1 amide bonds. The molecule has 2 aromatic carbocycles. The first-order valence-electron chi connectivity index (χ1n) is 8.18. The summed E-state index contributed by atoms with van der Waals surface area (Å²) in [6.07, 6.45) is 6.07. The van der Waals surface area contributed by atoms with Crippen molar-refractivity contribution >= 4 is 29.1 Å². The van der Waals surface area contributed by atoms with Crippen molar-refractivity contribution in [2.24, 2.45) is 5.73 Å². The third kappa shape index (κ3) is 4.69. The number of hydrogen-bond acceptors (Lipinski definition) is 2. The molecule has 0 bridgehead atoms. The van der Waals surface area contributed by atoms with Crippen molar-refractivity contribution in [3.05, 3.63) is 48.0 Å². The van der Waals surface area contributed by atoms with Gasteiger partial charge in [-0.3, -0.25) is 4.79 Å². The molecule has 3 nitrogen and oxygen atoms in total. The van der Waals surface area contributed by atoms with Gasteiger partial charge >= 0.3 is 0 Å². The molecular formula is C19H25ClN2O. The fourth-order valence-electron chi connectivity index (χ4n) is 3.30. The van der Waals surface area contributed by atoms with Gasteiger partial charge in [0.05, 0.1) is 6.42 Å². The molecule has 0 radical (unpaired) electrons. The van der Waals surface area contributed by atoms with Gasteiger partial charge in [0.1, 0.15) is 0 Å². The number of fused-ring (bicyclic) bond motifs is 1. The lowest BCUT2D eigenvalue weighted by molar-refractivity contribution is -0.120. The quantitative estimate of drug-likeness (QED) is 0.899. The average Bonchev–Trinajstić information content (AvgIpc) is 2.54. The van der Waals surface area contributed by atoms with Crippen LogP contribution in [0.2, 0.25) is 0 Å². The van der Waals surface area contributed by atoms with Crippen LogP contribution in [-0.2, 0) is 11.2 Å². The molecule has 1 saturated carbocycles. The summed E-state index contributed by atoms with van der Waals surface area (Å²) in [5.41, 5.74) is 7.21. The Balaban J connectivity index is 0.00000192. The van der Waals surface area contributed by atoms with Gasteiger partial charge in [0.15, 0.2) is 0 Å². The van der Waals surface area contributed by atoms with Crippen LogP contribution in [0, 0.1) is 0 Å². The normalized spacial score (nSPS) is 16.6. The minimum atomic E-state index is -0.197. The zero-order valence-electron chi connectivity index (χ0n) is 13.4. The molecule has 4 heteroatoms. The molecule has 1 fully saturated rings. The second-order valence-electron chi connectivity index (χ2n) is 6.56. The summed E-state index contributed by atoms with van der Waals surface area (Å²) < 4.78 is 0. The molecule has 0 heterocycles. The van der Waals surface area contributed by atoms with Gasteiger partial charge in [-0.15, -0.1) is 12.4 Å². The summed E-state index contributed by atoms with van der Waals surface area (Å²) >= 11 is 0. The maximum Gasteiger partial charge on any atom is 0.224 e. The molecule has 2 aromatic rings. The highest BCUT2D eigenvalue weighted by Gasteiger charge is 2.27. The number of nitrogens with one attached hydrogen (secondary N) is 1. The Bertz CT molecular complexity index is 665. The van der Waals surface area contributed by atoms with E-state index in [1.54, 1.807) is 0 Å². The van der Waals surface area contributed by atoms with Crippen LogP contribution in [0.4, 0.5) is 0 Å². The lowest BCUT2D eigenvalue weighted by atomic mass is 9.82. The number of hydrogen-bond donors (Lipinski definition) is 2. The van der Waals surface area contributed by atoms with Crippen LogP contribution in [0.3, 0.4) is 0 Å². The Labute approximate surface area is 144 Å². The van der Waals surface area contributed by atoms with Gasteiger partial charge < -0.3 is 11.1 Å². The first-order chi connectivity index (χ1) is 10.6. The topological polar surface area (TPSA) is 55.1 Å². The molecule has 0 spiro atoms. The van der Waals surface area contributed by atoms with Crippen LogP contribution in [0.25, 0.3) is 10.8 Å². The number of halogens is 1. The van der Waals surface area contributed by atoms with Gasteiger partial charge in [-0.1, -0.05) is 61.7 Å². The molecule has 0 unspecified atom stereocenters. The molecule has 0 atom stereocenters. The van der Waals surface area contributed by atoms with Crippen molar-refractivity contribution < 1.29 is 4.79 Å². The van der Waals surface area contributed by atoms with Crippen LogP contribution >= 0.6 is 12.4 Å². The van der Waals surface area contributed by atoms with Crippen molar-refractivity contribution in [3.63, 3.8) is 0 Å². The number of nitrogens with two attached hydrogens (primary N) is 1. The minimum absolute atomic E-state index is 0. The van der Waals surface area contributed by atoms with Crippen LogP contribution in [0.1, 0.15) is 37.7 Å². The fraction of sp³-hybridized carbons (Fsp3) is 0.421. The summed E-state index contributed by atoms with van der Waals surface area (Å²) in [5, 5.41) is 5.41. The van der Waals surface area contributed by atoms with Crippen molar-refractivity contribution in [3.8, 4) is 0 Å². The molecule has 1 aliphatic carbocycles.